The predicted octanol–water partition coefficient (Wildman–Crippen LogP) is 2.94. The summed E-state index contributed by atoms with van der Waals surface area (Å²) < 4.78 is 6.33. The second-order valence-corrected chi connectivity index (χ2v) is 4.45. The van der Waals surface area contributed by atoms with Crippen molar-refractivity contribution in [1.29, 1.82) is 0 Å². The van der Waals surface area contributed by atoms with Crippen LogP contribution in [0.15, 0.2) is 28.9 Å². The van der Waals surface area contributed by atoms with Gasteiger partial charge >= 0.3 is 5.97 Å². The largest absolute Gasteiger partial charge is 0.493 e. The van der Waals surface area contributed by atoms with Gasteiger partial charge in [0.05, 0.1) is 18.5 Å². The zero-order chi connectivity index (χ0) is 13.1. The van der Waals surface area contributed by atoms with E-state index in [4.69, 9.17) is 9.84 Å². The number of nitrogens with one attached hydrogen (secondary N) is 1. The van der Waals surface area contributed by atoms with Crippen LogP contribution in [0.1, 0.15) is 17.3 Å². The van der Waals surface area contributed by atoms with Crippen molar-refractivity contribution in [1.82, 2.24) is 10.2 Å². The summed E-state index contributed by atoms with van der Waals surface area (Å²) in [7, 11) is 0. The summed E-state index contributed by atoms with van der Waals surface area (Å²) in [6.07, 6.45) is 1.29. The van der Waals surface area contributed by atoms with Gasteiger partial charge in [0.25, 0.3) is 0 Å². The molecule has 0 aliphatic carbocycles. The van der Waals surface area contributed by atoms with E-state index in [0.29, 0.717) is 23.6 Å². The van der Waals surface area contributed by atoms with E-state index >= 15 is 0 Å². The number of carboxylic acids is 1. The Labute approximate surface area is 112 Å². The Morgan fingerprint density at radius 1 is 1.56 bits per heavy atom. The molecule has 1 aromatic carbocycles. The number of rotatable bonds is 4. The Kier molecular flexibility index (Phi) is 3.66. The minimum Gasteiger partial charge on any atom is -0.493 e. The van der Waals surface area contributed by atoms with Crippen LogP contribution in [-0.4, -0.2) is 27.9 Å². The summed E-state index contributed by atoms with van der Waals surface area (Å²) in [4.78, 5) is 11.1. The average Bonchev–Trinajstić information content (AvgIpc) is 2.80. The van der Waals surface area contributed by atoms with Crippen molar-refractivity contribution in [2.75, 3.05) is 6.61 Å². The quantitative estimate of drug-likeness (QED) is 0.910. The summed E-state index contributed by atoms with van der Waals surface area (Å²) in [5, 5.41) is 15.6. The van der Waals surface area contributed by atoms with Crippen LogP contribution in [0.5, 0.6) is 5.75 Å². The number of hydrogen-bond acceptors (Lipinski definition) is 3. The van der Waals surface area contributed by atoms with E-state index in [1.807, 2.05) is 13.0 Å². The third-order valence-corrected chi connectivity index (χ3v) is 2.87. The Morgan fingerprint density at radius 3 is 3.00 bits per heavy atom. The van der Waals surface area contributed by atoms with E-state index in [-0.39, 0.29) is 5.56 Å². The molecule has 2 N–H and O–H groups in total. The Bertz CT molecular complexity index is 580. The lowest BCUT2D eigenvalue weighted by atomic mass is 10.1. The maximum absolute atomic E-state index is 11.1. The highest BCUT2D eigenvalue weighted by molar-refractivity contribution is 9.10. The van der Waals surface area contributed by atoms with E-state index in [2.05, 4.69) is 26.1 Å². The Hall–Kier alpha value is -1.82. The SMILES string of the molecule is CCOc1ccc(Br)cc1-c1[nH]ncc1C(=O)O. The van der Waals surface area contributed by atoms with Crippen LogP contribution >= 0.6 is 15.9 Å². The highest BCUT2D eigenvalue weighted by Crippen LogP contribution is 2.33. The number of aromatic nitrogens is 2. The molecular weight excluding hydrogens is 300 g/mol. The number of nitrogens with zero attached hydrogens (tertiary/aromatic N) is 1. The number of benzene rings is 1. The van der Waals surface area contributed by atoms with Crippen LogP contribution in [-0.2, 0) is 0 Å². The van der Waals surface area contributed by atoms with E-state index in [0.717, 1.165) is 4.47 Å². The molecule has 0 unspecified atom stereocenters. The molecule has 0 aliphatic rings. The van der Waals surface area contributed by atoms with Gasteiger partial charge in [0, 0.05) is 10.0 Å². The van der Waals surface area contributed by atoms with Crippen molar-refractivity contribution in [2.45, 2.75) is 6.92 Å². The molecule has 0 aliphatic heterocycles. The molecule has 0 spiro atoms. The molecule has 94 valence electrons. The summed E-state index contributed by atoms with van der Waals surface area (Å²) in [6, 6.07) is 5.42. The van der Waals surface area contributed by atoms with E-state index in [9.17, 15) is 4.79 Å². The molecule has 0 bridgehead atoms. The molecule has 2 rings (SSSR count). The smallest absolute Gasteiger partial charge is 0.339 e. The molecule has 1 aromatic heterocycles. The van der Waals surface area contributed by atoms with Crippen LogP contribution in [0.4, 0.5) is 0 Å². The van der Waals surface area contributed by atoms with Gasteiger partial charge in [0.15, 0.2) is 0 Å². The molecule has 0 amide bonds. The van der Waals surface area contributed by atoms with E-state index in [1.54, 1.807) is 12.1 Å². The van der Waals surface area contributed by atoms with Gasteiger partial charge in [0.1, 0.15) is 11.3 Å². The number of aromatic amines is 1. The van der Waals surface area contributed by atoms with Gasteiger partial charge in [-0.2, -0.15) is 5.10 Å². The third kappa shape index (κ3) is 2.38. The Morgan fingerprint density at radius 2 is 2.33 bits per heavy atom. The lowest BCUT2D eigenvalue weighted by Gasteiger charge is -2.10. The molecule has 1 heterocycles. The number of ether oxygens (including phenoxy) is 1. The zero-order valence-electron chi connectivity index (χ0n) is 9.61. The molecule has 5 nitrogen and oxygen atoms in total. The van der Waals surface area contributed by atoms with Crippen LogP contribution in [0.3, 0.4) is 0 Å². The minimum atomic E-state index is -1.03. The van der Waals surface area contributed by atoms with Crippen LogP contribution in [0, 0.1) is 0 Å². The number of aromatic carboxylic acids is 1. The van der Waals surface area contributed by atoms with Crippen LogP contribution < -0.4 is 4.74 Å². The third-order valence-electron chi connectivity index (χ3n) is 2.38. The molecule has 6 heteroatoms. The standard InChI is InChI=1S/C12H11BrN2O3/c1-2-18-10-4-3-7(13)5-8(10)11-9(12(16)17)6-14-15-11/h3-6H,2H2,1H3,(H,14,15)(H,16,17). The van der Waals surface area contributed by atoms with Gasteiger partial charge in [-0.25, -0.2) is 4.79 Å². The molecule has 0 atom stereocenters. The topological polar surface area (TPSA) is 75.2 Å². The summed E-state index contributed by atoms with van der Waals surface area (Å²) in [5.74, 6) is -0.409. The Balaban J connectivity index is 2.58. The van der Waals surface area contributed by atoms with E-state index < -0.39 is 5.97 Å². The lowest BCUT2D eigenvalue weighted by molar-refractivity contribution is 0.0698. The number of carboxylic acid groups (broad SMARTS) is 1. The molecule has 0 radical (unpaired) electrons. The lowest BCUT2D eigenvalue weighted by Crippen LogP contribution is -1.99. The molecule has 0 fully saturated rings. The monoisotopic (exact) mass is 310 g/mol. The predicted molar refractivity (Wildman–Crippen MR) is 69.9 cm³/mol. The molecule has 0 saturated carbocycles. The molecule has 0 saturated heterocycles. The van der Waals surface area contributed by atoms with Gasteiger partial charge in [-0.1, -0.05) is 15.9 Å². The van der Waals surface area contributed by atoms with Gasteiger partial charge in [-0.15, -0.1) is 0 Å². The van der Waals surface area contributed by atoms with E-state index in [1.165, 1.54) is 6.20 Å². The maximum Gasteiger partial charge on any atom is 0.339 e. The fourth-order valence-corrected chi connectivity index (χ4v) is 1.99. The maximum atomic E-state index is 11.1. The second-order valence-electron chi connectivity index (χ2n) is 3.54. The number of hydrogen-bond donors (Lipinski definition) is 2. The van der Waals surface area contributed by atoms with Crippen molar-refractivity contribution in [3.63, 3.8) is 0 Å². The first-order chi connectivity index (χ1) is 8.63. The van der Waals surface area contributed by atoms with Crippen molar-refractivity contribution >= 4 is 21.9 Å². The van der Waals surface area contributed by atoms with Gasteiger partial charge in [-0.3, -0.25) is 5.10 Å². The first kappa shape index (κ1) is 12.6. The fraction of sp³-hybridized carbons (Fsp3) is 0.167. The average molecular weight is 311 g/mol. The highest BCUT2D eigenvalue weighted by atomic mass is 79.9. The van der Waals surface area contributed by atoms with Crippen molar-refractivity contribution in [3.8, 4) is 17.0 Å². The van der Waals surface area contributed by atoms with Gasteiger partial charge in [-0.05, 0) is 25.1 Å². The van der Waals surface area contributed by atoms with Crippen molar-refractivity contribution < 1.29 is 14.6 Å². The molecule has 2 aromatic rings. The number of halogens is 1. The summed E-state index contributed by atoms with van der Waals surface area (Å²) in [5.41, 5.74) is 1.22. The van der Waals surface area contributed by atoms with Crippen LogP contribution in [0.2, 0.25) is 0 Å². The minimum absolute atomic E-state index is 0.119. The van der Waals surface area contributed by atoms with Crippen LogP contribution in [0.25, 0.3) is 11.3 Å². The summed E-state index contributed by atoms with van der Waals surface area (Å²) in [6.45, 7) is 2.38. The normalized spacial score (nSPS) is 10.3. The molecular formula is C12H11BrN2O3. The first-order valence-corrected chi connectivity index (χ1v) is 6.12. The summed E-state index contributed by atoms with van der Waals surface area (Å²) >= 11 is 3.36. The number of H-pyrrole nitrogens is 1. The van der Waals surface area contributed by atoms with Crippen molar-refractivity contribution in [2.24, 2.45) is 0 Å². The first-order valence-electron chi connectivity index (χ1n) is 5.33. The zero-order valence-corrected chi connectivity index (χ0v) is 11.2. The van der Waals surface area contributed by atoms with Crippen molar-refractivity contribution in [3.05, 3.63) is 34.4 Å². The number of carbonyl (C=O) groups is 1. The highest BCUT2D eigenvalue weighted by Gasteiger charge is 2.17. The molecule has 18 heavy (non-hydrogen) atoms. The fourth-order valence-electron chi connectivity index (χ4n) is 1.63. The van der Waals surface area contributed by atoms with Gasteiger partial charge < -0.3 is 9.84 Å². The second kappa shape index (κ2) is 5.22. The van der Waals surface area contributed by atoms with Gasteiger partial charge in [0.2, 0.25) is 0 Å².